The maximum absolute atomic E-state index is 12.3. The standard InChI is InChI=1S/C30H29NO6/c32-22(17-21(30(35)36)16-20-8-2-1-3-9-20)18-31-28(33)14-15-29(34)37-19-27-25-12-6-4-10-23(25)24-11-5-7-13-26(24)27/h1-13,21,27H,14-19H2,(H,31,33)(H,35,36)/t21-/m1/s1. The fraction of sp³-hybridized carbons (Fsp3) is 0.267. The lowest BCUT2D eigenvalue weighted by molar-refractivity contribution is -0.145. The van der Waals surface area contributed by atoms with Crippen LogP contribution in [0.4, 0.5) is 0 Å². The molecule has 0 bridgehead atoms. The number of benzene rings is 3. The minimum absolute atomic E-state index is 0.0548. The Bertz CT molecular complexity index is 1240. The van der Waals surface area contributed by atoms with Gasteiger partial charge in [-0.1, -0.05) is 78.9 Å². The molecule has 7 heteroatoms. The van der Waals surface area contributed by atoms with Crippen molar-refractivity contribution < 1.29 is 29.0 Å². The fourth-order valence-electron chi connectivity index (χ4n) is 4.68. The van der Waals surface area contributed by atoms with Gasteiger partial charge in [-0.15, -0.1) is 0 Å². The van der Waals surface area contributed by atoms with Crippen molar-refractivity contribution in [2.75, 3.05) is 13.2 Å². The summed E-state index contributed by atoms with van der Waals surface area (Å²) < 4.78 is 5.50. The predicted molar refractivity (Wildman–Crippen MR) is 138 cm³/mol. The number of hydrogen-bond donors (Lipinski definition) is 2. The second-order valence-corrected chi connectivity index (χ2v) is 9.15. The van der Waals surface area contributed by atoms with Gasteiger partial charge in [0.25, 0.3) is 0 Å². The number of ether oxygens (including phenoxy) is 1. The molecule has 3 aromatic rings. The lowest BCUT2D eigenvalue weighted by Gasteiger charge is -2.14. The van der Waals surface area contributed by atoms with Gasteiger partial charge in [-0.3, -0.25) is 19.2 Å². The second-order valence-electron chi connectivity index (χ2n) is 9.15. The Labute approximate surface area is 215 Å². The van der Waals surface area contributed by atoms with Gasteiger partial charge in [0.05, 0.1) is 18.9 Å². The monoisotopic (exact) mass is 499 g/mol. The zero-order valence-electron chi connectivity index (χ0n) is 20.4. The SMILES string of the molecule is O=C(CNC(=O)CCC(=O)OCC1c2ccccc2-c2ccccc21)C[C@@H](Cc1ccccc1)C(=O)O. The lowest BCUT2D eigenvalue weighted by atomic mass is 9.94. The van der Waals surface area contributed by atoms with E-state index in [1.807, 2.05) is 66.7 Å². The van der Waals surface area contributed by atoms with Crippen molar-refractivity contribution in [2.45, 2.75) is 31.6 Å². The van der Waals surface area contributed by atoms with Crippen LogP contribution in [0.3, 0.4) is 0 Å². The Morgan fingerprint density at radius 1 is 0.811 bits per heavy atom. The average molecular weight is 500 g/mol. The molecule has 0 radical (unpaired) electrons. The molecule has 1 amide bonds. The van der Waals surface area contributed by atoms with Gasteiger partial charge in [0, 0.05) is 18.8 Å². The fourth-order valence-corrected chi connectivity index (χ4v) is 4.68. The van der Waals surface area contributed by atoms with Crippen LogP contribution >= 0.6 is 0 Å². The number of ketones is 1. The van der Waals surface area contributed by atoms with Crippen LogP contribution in [0.25, 0.3) is 11.1 Å². The summed E-state index contributed by atoms with van der Waals surface area (Å²) in [4.78, 5) is 48.3. The molecule has 37 heavy (non-hydrogen) atoms. The van der Waals surface area contributed by atoms with Crippen molar-refractivity contribution in [3.05, 3.63) is 95.6 Å². The van der Waals surface area contributed by atoms with E-state index in [1.165, 1.54) is 0 Å². The molecule has 0 heterocycles. The number of carboxylic acids is 1. The van der Waals surface area contributed by atoms with Gasteiger partial charge in [-0.05, 0) is 34.2 Å². The van der Waals surface area contributed by atoms with Gasteiger partial charge in [0.2, 0.25) is 5.91 Å². The molecule has 0 aromatic heterocycles. The summed E-state index contributed by atoms with van der Waals surface area (Å²) in [7, 11) is 0. The Hall–Kier alpha value is -4.26. The minimum atomic E-state index is -1.06. The van der Waals surface area contributed by atoms with Gasteiger partial charge in [0.15, 0.2) is 5.78 Å². The van der Waals surface area contributed by atoms with Crippen molar-refractivity contribution in [3.8, 4) is 11.1 Å². The molecule has 3 aromatic carbocycles. The molecule has 1 aliphatic carbocycles. The van der Waals surface area contributed by atoms with Crippen LogP contribution in [-0.2, 0) is 30.3 Å². The number of rotatable bonds is 12. The van der Waals surface area contributed by atoms with Crippen LogP contribution in [0.1, 0.15) is 41.9 Å². The van der Waals surface area contributed by atoms with E-state index in [0.29, 0.717) is 0 Å². The van der Waals surface area contributed by atoms with E-state index in [1.54, 1.807) is 0 Å². The molecule has 0 fully saturated rings. The number of esters is 1. The van der Waals surface area contributed by atoms with E-state index in [9.17, 15) is 24.3 Å². The number of aliphatic carboxylic acids is 1. The number of nitrogens with one attached hydrogen (secondary N) is 1. The molecule has 4 rings (SSSR count). The third kappa shape index (κ3) is 6.70. The highest BCUT2D eigenvalue weighted by molar-refractivity contribution is 5.89. The highest BCUT2D eigenvalue weighted by Crippen LogP contribution is 2.44. The zero-order valence-corrected chi connectivity index (χ0v) is 20.4. The highest BCUT2D eigenvalue weighted by Gasteiger charge is 2.29. The van der Waals surface area contributed by atoms with E-state index < -0.39 is 23.8 Å². The number of Topliss-reactive ketones (excluding diaryl/α,β-unsaturated/α-hetero) is 1. The van der Waals surface area contributed by atoms with Gasteiger partial charge < -0.3 is 15.2 Å². The molecular weight excluding hydrogens is 470 g/mol. The second kappa shape index (κ2) is 12.1. The number of fused-ring (bicyclic) bond motifs is 3. The van der Waals surface area contributed by atoms with Crippen molar-refractivity contribution in [1.29, 1.82) is 0 Å². The molecular formula is C30H29NO6. The Kier molecular flexibility index (Phi) is 8.46. The average Bonchev–Trinajstić information content (AvgIpc) is 3.23. The third-order valence-corrected chi connectivity index (χ3v) is 6.56. The number of carboxylic acid groups (broad SMARTS) is 1. The van der Waals surface area contributed by atoms with Crippen molar-refractivity contribution in [3.63, 3.8) is 0 Å². The summed E-state index contributed by atoms with van der Waals surface area (Å²) >= 11 is 0. The first-order valence-corrected chi connectivity index (χ1v) is 12.3. The third-order valence-electron chi connectivity index (χ3n) is 6.56. The van der Waals surface area contributed by atoms with Crippen LogP contribution in [0.15, 0.2) is 78.9 Å². The molecule has 0 saturated carbocycles. The molecule has 7 nitrogen and oxygen atoms in total. The molecule has 0 saturated heterocycles. The predicted octanol–water partition coefficient (Wildman–Crippen LogP) is 4.14. The van der Waals surface area contributed by atoms with E-state index in [0.717, 1.165) is 27.8 Å². The maximum Gasteiger partial charge on any atom is 0.307 e. The lowest BCUT2D eigenvalue weighted by Crippen LogP contribution is -2.32. The molecule has 0 aliphatic heterocycles. The summed E-state index contributed by atoms with van der Waals surface area (Å²) in [5.74, 6) is -3.31. The molecule has 190 valence electrons. The van der Waals surface area contributed by atoms with Crippen LogP contribution < -0.4 is 5.32 Å². The normalized spacial score (nSPS) is 12.8. The first-order chi connectivity index (χ1) is 17.9. The molecule has 1 atom stereocenters. The number of hydrogen-bond acceptors (Lipinski definition) is 5. The Morgan fingerprint density at radius 3 is 2.03 bits per heavy atom. The zero-order chi connectivity index (χ0) is 26.2. The van der Waals surface area contributed by atoms with Gasteiger partial charge >= 0.3 is 11.9 Å². The first kappa shape index (κ1) is 25.8. The summed E-state index contributed by atoms with van der Waals surface area (Å²) in [5, 5.41) is 11.9. The van der Waals surface area contributed by atoms with Crippen LogP contribution in [-0.4, -0.2) is 41.9 Å². The number of amides is 1. The van der Waals surface area contributed by atoms with E-state index in [-0.39, 0.29) is 50.5 Å². The van der Waals surface area contributed by atoms with Crippen LogP contribution in [0, 0.1) is 5.92 Å². The summed E-state index contributed by atoms with van der Waals surface area (Å²) in [6, 6.07) is 25.2. The van der Waals surface area contributed by atoms with Crippen LogP contribution in [0.5, 0.6) is 0 Å². The van der Waals surface area contributed by atoms with Crippen molar-refractivity contribution in [1.82, 2.24) is 5.32 Å². The van der Waals surface area contributed by atoms with E-state index in [2.05, 4.69) is 17.4 Å². The van der Waals surface area contributed by atoms with Gasteiger partial charge in [-0.2, -0.15) is 0 Å². The Balaban J connectivity index is 1.20. The first-order valence-electron chi connectivity index (χ1n) is 12.3. The highest BCUT2D eigenvalue weighted by atomic mass is 16.5. The van der Waals surface area contributed by atoms with E-state index >= 15 is 0 Å². The molecule has 0 spiro atoms. The van der Waals surface area contributed by atoms with E-state index in [4.69, 9.17) is 4.74 Å². The molecule has 0 unspecified atom stereocenters. The van der Waals surface area contributed by atoms with Crippen molar-refractivity contribution in [2.24, 2.45) is 5.92 Å². The van der Waals surface area contributed by atoms with Crippen LogP contribution in [0.2, 0.25) is 0 Å². The Morgan fingerprint density at radius 2 is 1.41 bits per heavy atom. The summed E-state index contributed by atoms with van der Waals surface area (Å²) in [5.41, 5.74) is 5.32. The van der Waals surface area contributed by atoms with Crippen molar-refractivity contribution >= 4 is 23.6 Å². The minimum Gasteiger partial charge on any atom is -0.481 e. The van der Waals surface area contributed by atoms with Gasteiger partial charge in [0.1, 0.15) is 6.61 Å². The smallest absolute Gasteiger partial charge is 0.307 e. The summed E-state index contributed by atoms with van der Waals surface area (Å²) in [6.07, 6.45) is -0.174. The number of carbonyl (C=O) groups excluding carboxylic acids is 3. The topological polar surface area (TPSA) is 110 Å². The number of carbonyl (C=O) groups is 4. The summed E-state index contributed by atoms with van der Waals surface area (Å²) in [6.45, 7) is -0.0902. The maximum atomic E-state index is 12.3. The molecule has 1 aliphatic rings. The quantitative estimate of drug-likeness (QED) is 0.363. The van der Waals surface area contributed by atoms with Gasteiger partial charge in [-0.25, -0.2) is 0 Å². The molecule has 2 N–H and O–H groups in total. The largest absolute Gasteiger partial charge is 0.481 e.